The number of esters is 1. The highest BCUT2D eigenvalue weighted by Gasteiger charge is 2.17. The summed E-state index contributed by atoms with van der Waals surface area (Å²) in [5, 5.41) is 1.02. The van der Waals surface area contributed by atoms with Gasteiger partial charge in [0.1, 0.15) is 6.11 Å². The summed E-state index contributed by atoms with van der Waals surface area (Å²) >= 11 is 0. The predicted molar refractivity (Wildman–Crippen MR) is 67.4 cm³/mol. The summed E-state index contributed by atoms with van der Waals surface area (Å²) in [6.07, 6.45) is 7.44. The van der Waals surface area contributed by atoms with Crippen LogP contribution in [0.2, 0.25) is 19.6 Å². The van der Waals surface area contributed by atoms with Crippen molar-refractivity contribution in [2.45, 2.75) is 19.6 Å². The highest BCUT2D eigenvalue weighted by atomic mass is 28.3. The van der Waals surface area contributed by atoms with E-state index in [1.165, 1.54) is 20.3 Å². The fourth-order valence-corrected chi connectivity index (χ4v) is 1.90. The zero-order valence-electron chi connectivity index (χ0n) is 10.5. The SMILES string of the molecule is COC#C/C(=C/C=C/C(=O)OC)[Si](C)(C)C. The smallest absolute Gasteiger partial charge is 0.330 e. The van der Waals surface area contributed by atoms with Crippen LogP contribution in [0, 0.1) is 12.0 Å². The average molecular weight is 238 g/mol. The van der Waals surface area contributed by atoms with Crippen molar-refractivity contribution < 1.29 is 14.3 Å². The Bertz CT molecular complexity index is 351. The van der Waals surface area contributed by atoms with Crippen molar-refractivity contribution in [3.05, 3.63) is 23.4 Å². The lowest BCUT2D eigenvalue weighted by Gasteiger charge is -2.14. The van der Waals surface area contributed by atoms with Gasteiger partial charge in [-0.15, -0.1) is 0 Å². The first-order chi connectivity index (χ1) is 7.41. The summed E-state index contributed by atoms with van der Waals surface area (Å²) < 4.78 is 9.22. The van der Waals surface area contributed by atoms with Gasteiger partial charge in [-0.1, -0.05) is 31.8 Å². The van der Waals surface area contributed by atoms with E-state index in [0.29, 0.717) is 0 Å². The highest BCUT2D eigenvalue weighted by Crippen LogP contribution is 2.13. The molecule has 0 spiro atoms. The third kappa shape index (κ3) is 6.09. The number of carbonyl (C=O) groups is 1. The van der Waals surface area contributed by atoms with E-state index in [1.54, 1.807) is 6.08 Å². The Kier molecular flexibility index (Phi) is 6.27. The standard InChI is InChI=1S/C12H18O3Si/c1-14-10-9-11(16(3,4)5)7-6-8-12(13)15-2/h6-8H,1-5H3/b8-6+,11-7-. The fraction of sp³-hybridized carbons (Fsp3) is 0.417. The first-order valence-corrected chi connectivity index (χ1v) is 8.42. The summed E-state index contributed by atoms with van der Waals surface area (Å²) in [5.41, 5.74) is 0. The molecule has 0 amide bonds. The zero-order chi connectivity index (χ0) is 12.6. The molecular formula is C12H18O3Si. The van der Waals surface area contributed by atoms with E-state index in [4.69, 9.17) is 4.74 Å². The van der Waals surface area contributed by atoms with Crippen LogP contribution in [0.15, 0.2) is 23.4 Å². The molecule has 0 heterocycles. The van der Waals surface area contributed by atoms with Gasteiger partial charge in [-0.25, -0.2) is 4.79 Å². The molecule has 0 atom stereocenters. The van der Waals surface area contributed by atoms with Crippen molar-refractivity contribution >= 4 is 14.0 Å². The second-order valence-electron chi connectivity index (χ2n) is 4.14. The summed E-state index contributed by atoms with van der Waals surface area (Å²) in [4.78, 5) is 10.9. The third-order valence-electron chi connectivity index (χ3n) is 1.79. The number of methoxy groups -OCH3 is 2. The fourth-order valence-electron chi connectivity index (χ4n) is 0.876. The molecule has 3 nitrogen and oxygen atoms in total. The molecule has 0 radical (unpaired) electrons. The average Bonchev–Trinajstić information content (AvgIpc) is 2.20. The minimum atomic E-state index is -1.50. The number of ether oxygens (including phenoxy) is 2. The Morgan fingerprint density at radius 1 is 1.25 bits per heavy atom. The molecule has 0 saturated heterocycles. The van der Waals surface area contributed by atoms with Crippen molar-refractivity contribution in [3.63, 3.8) is 0 Å². The third-order valence-corrected chi connectivity index (χ3v) is 3.70. The van der Waals surface area contributed by atoms with E-state index in [1.807, 2.05) is 6.08 Å². The first kappa shape index (κ1) is 14.5. The molecule has 0 unspecified atom stereocenters. The van der Waals surface area contributed by atoms with E-state index in [2.05, 4.69) is 36.4 Å². The number of hydrogen-bond donors (Lipinski definition) is 0. The van der Waals surface area contributed by atoms with Crippen LogP contribution in [0.5, 0.6) is 0 Å². The highest BCUT2D eigenvalue weighted by molar-refractivity contribution is 6.84. The van der Waals surface area contributed by atoms with Crippen LogP contribution in [0.3, 0.4) is 0 Å². The van der Waals surface area contributed by atoms with Gasteiger partial charge in [-0.05, 0) is 11.1 Å². The molecule has 0 aliphatic rings. The molecule has 0 aliphatic carbocycles. The maximum atomic E-state index is 10.9. The Labute approximate surface area is 98.1 Å². The van der Waals surface area contributed by atoms with Crippen LogP contribution in [-0.2, 0) is 14.3 Å². The monoisotopic (exact) mass is 238 g/mol. The molecule has 0 bridgehead atoms. The van der Waals surface area contributed by atoms with Gasteiger partial charge in [0.15, 0.2) is 0 Å². The Balaban J connectivity index is 4.85. The van der Waals surface area contributed by atoms with Gasteiger partial charge in [0.05, 0.1) is 22.3 Å². The van der Waals surface area contributed by atoms with E-state index >= 15 is 0 Å². The summed E-state index contributed by atoms with van der Waals surface area (Å²) in [7, 11) is 1.37. The van der Waals surface area contributed by atoms with Crippen molar-refractivity contribution in [2.24, 2.45) is 0 Å². The Hall–Kier alpha value is -1.47. The molecule has 0 rings (SSSR count). The van der Waals surface area contributed by atoms with E-state index < -0.39 is 8.07 Å². The first-order valence-electron chi connectivity index (χ1n) is 4.92. The lowest BCUT2D eigenvalue weighted by Crippen LogP contribution is -2.22. The number of carbonyl (C=O) groups excluding carboxylic acids is 1. The molecule has 0 saturated carbocycles. The lowest BCUT2D eigenvalue weighted by molar-refractivity contribution is -0.134. The van der Waals surface area contributed by atoms with Gasteiger partial charge in [0.25, 0.3) is 0 Å². The minimum absolute atomic E-state index is 0.370. The Morgan fingerprint density at radius 3 is 2.31 bits per heavy atom. The van der Waals surface area contributed by atoms with Gasteiger partial charge >= 0.3 is 5.97 Å². The van der Waals surface area contributed by atoms with Crippen molar-refractivity contribution in [1.82, 2.24) is 0 Å². The van der Waals surface area contributed by atoms with Crippen molar-refractivity contribution in [1.29, 1.82) is 0 Å². The van der Waals surface area contributed by atoms with Crippen LogP contribution in [0.25, 0.3) is 0 Å². The van der Waals surface area contributed by atoms with E-state index in [0.717, 1.165) is 5.20 Å². The summed E-state index contributed by atoms with van der Waals surface area (Å²) in [6.45, 7) is 6.53. The molecule has 88 valence electrons. The second-order valence-corrected chi connectivity index (χ2v) is 9.18. The largest absolute Gasteiger partial charge is 0.466 e. The molecule has 0 N–H and O–H groups in total. The van der Waals surface area contributed by atoms with Crippen molar-refractivity contribution in [3.8, 4) is 12.0 Å². The van der Waals surface area contributed by atoms with Gasteiger partial charge in [0, 0.05) is 6.08 Å². The predicted octanol–water partition coefficient (Wildman–Crippen LogP) is 2.13. The van der Waals surface area contributed by atoms with Gasteiger partial charge in [-0.2, -0.15) is 0 Å². The maximum absolute atomic E-state index is 10.9. The van der Waals surface area contributed by atoms with E-state index in [9.17, 15) is 4.79 Å². The second kappa shape index (κ2) is 6.91. The van der Waals surface area contributed by atoms with Crippen LogP contribution < -0.4 is 0 Å². The molecule has 0 aromatic heterocycles. The Morgan fingerprint density at radius 2 is 1.88 bits per heavy atom. The topological polar surface area (TPSA) is 35.5 Å². The molecular weight excluding hydrogens is 220 g/mol. The summed E-state index contributed by atoms with van der Waals surface area (Å²) in [6, 6.07) is 0. The molecule has 0 aliphatic heterocycles. The molecule has 16 heavy (non-hydrogen) atoms. The van der Waals surface area contributed by atoms with E-state index in [-0.39, 0.29) is 5.97 Å². The molecule has 0 aromatic rings. The normalized spacial score (nSPS) is 11.9. The van der Waals surface area contributed by atoms with Gasteiger partial charge in [-0.3, -0.25) is 0 Å². The van der Waals surface area contributed by atoms with Crippen LogP contribution in [0.1, 0.15) is 0 Å². The molecule has 4 heteroatoms. The van der Waals surface area contributed by atoms with Crippen molar-refractivity contribution in [2.75, 3.05) is 14.2 Å². The molecule has 0 aromatic carbocycles. The number of allylic oxidation sites excluding steroid dienone is 3. The number of rotatable bonds is 3. The lowest BCUT2D eigenvalue weighted by atomic mass is 10.4. The van der Waals surface area contributed by atoms with Crippen LogP contribution in [0.4, 0.5) is 0 Å². The summed E-state index contributed by atoms with van der Waals surface area (Å²) in [5.74, 6) is 2.58. The van der Waals surface area contributed by atoms with Gasteiger partial charge in [0.2, 0.25) is 0 Å². The minimum Gasteiger partial charge on any atom is -0.466 e. The number of hydrogen-bond acceptors (Lipinski definition) is 3. The maximum Gasteiger partial charge on any atom is 0.330 e. The molecule has 0 fully saturated rings. The quantitative estimate of drug-likeness (QED) is 0.248. The zero-order valence-corrected chi connectivity index (χ0v) is 11.5. The van der Waals surface area contributed by atoms with Gasteiger partial charge < -0.3 is 9.47 Å². The van der Waals surface area contributed by atoms with Crippen LogP contribution in [-0.4, -0.2) is 28.3 Å². The van der Waals surface area contributed by atoms with Crippen LogP contribution >= 0.6 is 0 Å².